The van der Waals surface area contributed by atoms with Crippen LogP contribution < -0.4 is 0 Å². The molecule has 16 heavy (non-hydrogen) atoms. The minimum atomic E-state index is -0.434. The minimum Gasteiger partial charge on any atom is -0.459 e. The third kappa shape index (κ3) is 4.10. The first-order valence-corrected chi connectivity index (χ1v) is 5.94. The molecule has 94 valence electrons. The number of ether oxygens (including phenoxy) is 1. The Hall–Kier alpha value is -0.610. The maximum atomic E-state index is 11.9. The predicted octanol–water partition coefficient (Wildman–Crippen LogP) is 1.17. The number of rotatable bonds is 3. The Morgan fingerprint density at radius 3 is 2.69 bits per heavy atom. The SMILES string of the molecule is CC(O)CN1CCCC1C(=O)OC(C)(C)C. The molecule has 1 fully saturated rings. The van der Waals surface area contributed by atoms with Gasteiger partial charge in [0.25, 0.3) is 0 Å². The molecule has 4 nitrogen and oxygen atoms in total. The van der Waals surface area contributed by atoms with Gasteiger partial charge in [0.15, 0.2) is 0 Å². The number of aliphatic hydroxyl groups is 1. The van der Waals surface area contributed by atoms with Crippen molar-refractivity contribution in [3.8, 4) is 0 Å². The second-order valence-electron chi connectivity index (χ2n) is 5.54. The van der Waals surface area contributed by atoms with Crippen molar-refractivity contribution in [2.24, 2.45) is 0 Å². The third-order valence-corrected chi connectivity index (χ3v) is 2.54. The largest absolute Gasteiger partial charge is 0.459 e. The molecule has 2 unspecified atom stereocenters. The second kappa shape index (κ2) is 5.15. The van der Waals surface area contributed by atoms with E-state index in [0.717, 1.165) is 19.4 Å². The van der Waals surface area contributed by atoms with Crippen molar-refractivity contribution in [1.29, 1.82) is 0 Å². The van der Waals surface area contributed by atoms with E-state index in [9.17, 15) is 9.90 Å². The molecule has 1 N–H and O–H groups in total. The van der Waals surface area contributed by atoms with Gasteiger partial charge in [0.2, 0.25) is 0 Å². The Morgan fingerprint density at radius 2 is 2.19 bits per heavy atom. The summed E-state index contributed by atoms with van der Waals surface area (Å²) >= 11 is 0. The van der Waals surface area contributed by atoms with E-state index in [0.29, 0.717) is 6.54 Å². The summed E-state index contributed by atoms with van der Waals surface area (Å²) in [6.45, 7) is 8.78. The zero-order chi connectivity index (χ0) is 12.3. The van der Waals surface area contributed by atoms with Crippen LogP contribution in [-0.4, -0.2) is 46.8 Å². The van der Waals surface area contributed by atoms with Crippen LogP contribution in [0.15, 0.2) is 0 Å². The van der Waals surface area contributed by atoms with Crippen molar-refractivity contribution >= 4 is 5.97 Å². The van der Waals surface area contributed by atoms with Gasteiger partial charge in [-0.15, -0.1) is 0 Å². The maximum absolute atomic E-state index is 11.9. The zero-order valence-electron chi connectivity index (χ0n) is 10.7. The highest BCUT2D eigenvalue weighted by Crippen LogP contribution is 2.21. The van der Waals surface area contributed by atoms with E-state index >= 15 is 0 Å². The lowest BCUT2D eigenvalue weighted by atomic mass is 10.1. The first-order valence-electron chi connectivity index (χ1n) is 5.94. The van der Waals surface area contributed by atoms with E-state index in [2.05, 4.69) is 0 Å². The van der Waals surface area contributed by atoms with Crippen LogP contribution in [0.25, 0.3) is 0 Å². The van der Waals surface area contributed by atoms with Crippen LogP contribution in [0.5, 0.6) is 0 Å². The number of likely N-dealkylation sites (tertiary alicyclic amines) is 1. The molecule has 1 saturated heterocycles. The molecule has 0 aromatic rings. The molecule has 0 aromatic carbocycles. The molecule has 0 radical (unpaired) electrons. The topological polar surface area (TPSA) is 49.8 Å². The Labute approximate surface area is 97.6 Å². The summed E-state index contributed by atoms with van der Waals surface area (Å²) in [7, 11) is 0. The maximum Gasteiger partial charge on any atom is 0.323 e. The van der Waals surface area contributed by atoms with Gasteiger partial charge in [-0.25, -0.2) is 0 Å². The van der Waals surface area contributed by atoms with Crippen molar-refractivity contribution in [2.45, 2.75) is 58.3 Å². The quantitative estimate of drug-likeness (QED) is 0.738. The van der Waals surface area contributed by atoms with Gasteiger partial charge in [0.1, 0.15) is 11.6 Å². The lowest BCUT2D eigenvalue weighted by molar-refractivity contribution is -0.160. The molecule has 0 aromatic heterocycles. The molecule has 0 aliphatic carbocycles. The molecular formula is C12H23NO3. The van der Waals surface area contributed by atoms with E-state index in [1.165, 1.54) is 0 Å². The number of hydrogen-bond acceptors (Lipinski definition) is 4. The monoisotopic (exact) mass is 229 g/mol. The second-order valence-corrected chi connectivity index (χ2v) is 5.54. The van der Waals surface area contributed by atoms with Crippen LogP contribution in [0, 0.1) is 0 Å². The van der Waals surface area contributed by atoms with Gasteiger partial charge < -0.3 is 9.84 Å². The lowest BCUT2D eigenvalue weighted by Crippen LogP contribution is -2.43. The third-order valence-electron chi connectivity index (χ3n) is 2.54. The molecule has 2 atom stereocenters. The predicted molar refractivity (Wildman–Crippen MR) is 62.1 cm³/mol. The van der Waals surface area contributed by atoms with Crippen LogP contribution in [0.2, 0.25) is 0 Å². The van der Waals surface area contributed by atoms with E-state index in [-0.39, 0.29) is 12.0 Å². The fraction of sp³-hybridized carbons (Fsp3) is 0.917. The van der Waals surface area contributed by atoms with Gasteiger partial charge in [0.05, 0.1) is 6.10 Å². The van der Waals surface area contributed by atoms with Crippen LogP contribution >= 0.6 is 0 Å². The van der Waals surface area contributed by atoms with Gasteiger partial charge in [0, 0.05) is 6.54 Å². The first-order chi connectivity index (χ1) is 7.29. The van der Waals surface area contributed by atoms with Gasteiger partial charge in [-0.2, -0.15) is 0 Å². The summed E-state index contributed by atoms with van der Waals surface area (Å²) in [6, 6.07) is -0.172. The summed E-state index contributed by atoms with van der Waals surface area (Å²) < 4.78 is 5.37. The highest BCUT2D eigenvalue weighted by Gasteiger charge is 2.34. The highest BCUT2D eigenvalue weighted by atomic mass is 16.6. The molecule has 0 spiro atoms. The summed E-state index contributed by atoms with van der Waals surface area (Å²) in [6.07, 6.45) is 1.43. The molecule has 4 heteroatoms. The van der Waals surface area contributed by atoms with Crippen LogP contribution in [0.4, 0.5) is 0 Å². The Bertz CT molecular complexity index is 245. The van der Waals surface area contributed by atoms with E-state index in [1.807, 2.05) is 25.7 Å². The number of esters is 1. The van der Waals surface area contributed by atoms with Crippen molar-refractivity contribution in [3.63, 3.8) is 0 Å². The normalized spacial score (nSPS) is 24.4. The van der Waals surface area contributed by atoms with E-state index < -0.39 is 11.7 Å². The minimum absolute atomic E-state index is 0.161. The average molecular weight is 229 g/mol. The van der Waals surface area contributed by atoms with Gasteiger partial charge in [-0.1, -0.05) is 0 Å². The van der Waals surface area contributed by atoms with Gasteiger partial charge in [-0.05, 0) is 47.1 Å². The molecule has 1 rings (SSSR count). The molecule has 0 saturated carbocycles. The Morgan fingerprint density at radius 1 is 1.56 bits per heavy atom. The summed E-state index contributed by atoms with van der Waals surface area (Å²) in [5.74, 6) is -0.161. The van der Waals surface area contributed by atoms with E-state index in [4.69, 9.17) is 4.74 Å². The average Bonchev–Trinajstić information content (AvgIpc) is 2.47. The zero-order valence-corrected chi connectivity index (χ0v) is 10.7. The Kier molecular flexibility index (Phi) is 4.33. The van der Waals surface area contributed by atoms with Gasteiger partial charge >= 0.3 is 5.97 Å². The molecular weight excluding hydrogens is 206 g/mol. The van der Waals surface area contributed by atoms with Crippen LogP contribution in [-0.2, 0) is 9.53 Å². The molecule has 0 amide bonds. The number of aliphatic hydroxyl groups excluding tert-OH is 1. The van der Waals surface area contributed by atoms with Crippen molar-refractivity contribution in [3.05, 3.63) is 0 Å². The molecule has 1 aliphatic rings. The number of carbonyl (C=O) groups is 1. The van der Waals surface area contributed by atoms with Crippen molar-refractivity contribution in [2.75, 3.05) is 13.1 Å². The highest BCUT2D eigenvalue weighted by molar-refractivity contribution is 5.76. The molecule has 1 heterocycles. The van der Waals surface area contributed by atoms with Crippen LogP contribution in [0.3, 0.4) is 0 Å². The number of β-amino-alcohol motifs (C(OH)–C–C–N with tert-alkyl or cyclic N) is 1. The number of hydrogen-bond donors (Lipinski definition) is 1. The fourth-order valence-electron chi connectivity index (χ4n) is 2.02. The standard InChI is InChI=1S/C12H23NO3/c1-9(14)8-13-7-5-6-10(13)11(15)16-12(2,3)4/h9-10,14H,5-8H2,1-4H3. The summed E-state index contributed by atoms with van der Waals surface area (Å²) in [5.41, 5.74) is -0.434. The number of nitrogens with zero attached hydrogens (tertiary/aromatic N) is 1. The summed E-state index contributed by atoms with van der Waals surface area (Å²) in [5, 5.41) is 9.35. The van der Waals surface area contributed by atoms with Crippen molar-refractivity contribution < 1.29 is 14.6 Å². The van der Waals surface area contributed by atoms with Crippen LogP contribution in [0.1, 0.15) is 40.5 Å². The van der Waals surface area contributed by atoms with Crippen molar-refractivity contribution in [1.82, 2.24) is 4.90 Å². The Balaban J connectivity index is 2.54. The fourth-order valence-corrected chi connectivity index (χ4v) is 2.02. The first kappa shape index (κ1) is 13.5. The molecule has 0 bridgehead atoms. The van der Waals surface area contributed by atoms with Gasteiger partial charge in [-0.3, -0.25) is 9.69 Å². The van der Waals surface area contributed by atoms with E-state index in [1.54, 1.807) is 6.92 Å². The molecule has 1 aliphatic heterocycles. The number of carbonyl (C=O) groups excluding carboxylic acids is 1. The summed E-state index contributed by atoms with van der Waals surface area (Å²) in [4.78, 5) is 13.9. The lowest BCUT2D eigenvalue weighted by Gasteiger charge is -2.27. The smallest absolute Gasteiger partial charge is 0.323 e.